The summed E-state index contributed by atoms with van der Waals surface area (Å²) in [5.41, 5.74) is 1.85. The molecule has 0 fully saturated rings. The number of hydrogen-bond acceptors (Lipinski definition) is 2. The molecule has 1 rings (SSSR count). The van der Waals surface area contributed by atoms with Crippen LogP contribution in [0.1, 0.15) is 37.8 Å². The molecule has 2 atom stereocenters. The summed E-state index contributed by atoms with van der Waals surface area (Å²) in [5, 5.41) is 10.2. The summed E-state index contributed by atoms with van der Waals surface area (Å²) in [7, 11) is 0. The van der Waals surface area contributed by atoms with Gasteiger partial charge in [-0.05, 0) is 43.5 Å². The van der Waals surface area contributed by atoms with Crippen molar-refractivity contribution in [3.8, 4) is 0 Å². The highest BCUT2D eigenvalue weighted by Crippen LogP contribution is 2.16. The fourth-order valence-corrected chi connectivity index (χ4v) is 2.13. The number of aliphatic hydroxyl groups excluding tert-OH is 1. The molecule has 2 nitrogen and oxygen atoms in total. The summed E-state index contributed by atoms with van der Waals surface area (Å²) >= 11 is 0. The van der Waals surface area contributed by atoms with Crippen molar-refractivity contribution in [1.29, 1.82) is 0 Å². The van der Waals surface area contributed by atoms with E-state index in [9.17, 15) is 9.50 Å². The molecule has 2 unspecified atom stereocenters. The van der Waals surface area contributed by atoms with Gasteiger partial charge in [0.15, 0.2) is 0 Å². The number of ether oxygens (including phenoxy) is 1. The first-order chi connectivity index (χ1) is 8.58. The molecule has 1 aromatic carbocycles. The van der Waals surface area contributed by atoms with Gasteiger partial charge in [0.2, 0.25) is 0 Å². The summed E-state index contributed by atoms with van der Waals surface area (Å²) < 4.78 is 18.6. The summed E-state index contributed by atoms with van der Waals surface area (Å²) in [4.78, 5) is 0. The average Bonchev–Trinajstić information content (AvgIpc) is 2.32. The van der Waals surface area contributed by atoms with Crippen LogP contribution in [0.2, 0.25) is 0 Å². The van der Waals surface area contributed by atoms with Gasteiger partial charge >= 0.3 is 0 Å². The van der Waals surface area contributed by atoms with Crippen LogP contribution in [-0.4, -0.2) is 23.9 Å². The first kappa shape index (κ1) is 15.1. The number of halogens is 1. The number of hydrogen-bond donors (Lipinski definition) is 1. The summed E-state index contributed by atoms with van der Waals surface area (Å²) in [6, 6.07) is 4.67. The number of aliphatic hydroxyl groups is 1. The first-order valence-electron chi connectivity index (χ1n) is 6.63. The summed E-state index contributed by atoms with van der Waals surface area (Å²) in [6.45, 7) is 6.46. The van der Waals surface area contributed by atoms with E-state index in [0.717, 1.165) is 24.0 Å². The topological polar surface area (TPSA) is 29.5 Å². The third kappa shape index (κ3) is 4.39. The smallest absolute Gasteiger partial charge is 0.123 e. The molecule has 0 aromatic heterocycles. The lowest BCUT2D eigenvalue weighted by molar-refractivity contribution is -0.0364. The van der Waals surface area contributed by atoms with E-state index < -0.39 is 6.10 Å². The van der Waals surface area contributed by atoms with Crippen molar-refractivity contribution in [3.63, 3.8) is 0 Å². The Balaban J connectivity index is 2.69. The molecule has 102 valence electrons. The SMILES string of the molecule is CCCC(OCC)C(O)Cc1ccc(F)cc1C. The highest BCUT2D eigenvalue weighted by Gasteiger charge is 2.19. The second-order valence-electron chi connectivity index (χ2n) is 4.62. The monoisotopic (exact) mass is 254 g/mol. The zero-order valence-corrected chi connectivity index (χ0v) is 11.4. The molecule has 0 aliphatic carbocycles. The molecular weight excluding hydrogens is 231 g/mol. The van der Waals surface area contributed by atoms with Gasteiger partial charge in [-0.25, -0.2) is 4.39 Å². The van der Waals surface area contributed by atoms with Crippen molar-refractivity contribution in [2.24, 2.45) is 0 Å². The minimum Gasteiger partial charge on any atom is -0.390 e. The normalized spacial score (nSPS) is 14.5. The van der Waals surface area contributed by atoms with E-state index in [-0.39, 0.29) is 11.9 Å². The molecule has 0 bridgehead atoms. The van der Waals surface area contributed by atoms with Crippen LogP contribution in [0.5, 0.6) is 0 Å². The van der Waals surface area contributed by atoms with E-state index in [1.165, 1.54) is 12.1 Å². The second-order valence-corrected chi connectivity index (χ2v) is 4.62. The van der Waals surface area contributed by atoms with Crippen LogP contribution in [0.15, 0.2) is 18.2 Å². The van der Waals surface area contributed by atoms with Crippen LogP contribution < -0.4 is 0 Å². The van der Waals surface area contributed by atoms with Gasteiger partial charge in [-0.15, -0.1) is 0 Å². The quantitative estimate of drug-likeness (QED) is 0.809. The van der Waals surface area contributed by atoms with Crippen LogP contribution in [0.3, 0.4) is 0 Å². The lowest BCUT2D eigenvalue weighted by Gasteiger charge is -2.23. The van der Waals surface area contributed by atoms with Gasteiger partial charge < -0.3 is 9.84 Å². The van der Waals surface area contributed by atoms with E-state index >= 15 is 0 Å². The van der Waals surface area contributed by atoms with Crippen molar-refractivity contribution < 1.29 is 14.2 Å². The Kier molecular flexibility index (Phi) is 6.30. The minimum absolute atomic E-state index is 0.135. The molecule has 0 saturated heterocycles. The Bertz CT molecular complexity index is 360. The predicted octanol–water partition coefficient (Wildman–Crippen LogP) is 3.24. The maximum atomic E-state index is 13.0. The maximum Gasteiger partial charge on any atom is 0.123 e. The third-order valence-electron chi connectivity index (χ3n) is 3.12. The molecule has 0 aliphatic rings. The maximum absolute atomic E-state index is 13.0. The predicted molar refractivity (Wildman–Crippen MR) is 71.2 cm³/mol. The van der Waals surface area contributed by atoms with E-state index in [1.54, 1.807) is 6.07 Å². The summed E-state index contributed by atoms with van der Waals surface area (Å²) in [5.74, 6) is -0.236. The number of rotatable bonds is 7. The van der Waals surface area contributed by atoms with Gasteiger partial charge in [0.1, 0.15) is 5.82 Å². The Morgan fingerprint density at radius 3 is 2.61 bits per heavy atom. The van der Waals surface area contributed by atoms with Crippen molar-refractivity contribution in [2.45, 2.75) is 52.2 Å². The Hall–Kier alpha value is -0.930. The van der Waals surface area contributed by atoms with Crippen LogP contribution in [0.4, 0.5) is 4.39 Å². The molecule has 0 spiro atoms. The molecule has 1 N–H and O–H groups in total. The standard InChI is InChI=1S/C15H23FO2/c1-4-6-15(18-5-2)14(17)10-12-7-8-13(16)9-11(12)3/h7-9,14-15,17H,4-6,10H2,1-3H3. The van der Waals surface area contributed by atoms with E-state index in [4.69, 9.17) is 4.74 Å². The zero-order valence-electron chi connectivity index (χ0n) is 11.4. The highest BCUT2D eigenvalue weighted by molar-refractivity contribution is 5.27. The Morgan fingerprint density at radius 2 is 2.06 bits per heavy atom. The van der Waals surface area contributed by atoms with Crippen LogP contribution in [0.25, 0.3) is 0 Å². The molecule has 0 heterocycles. The largest absolute Gasteiger partial charge is 0.390 e. The lowest BCUT2D eigenvalue weighted by atomic mass is 9.97. The van der Waals surface area contributed by atoms with E-state index in [2.05, 4.69) is 6.92 Å². The van der Waals surface area contributed by atoms with Gasteiger partial charge in [-0.3, -0.25) is 0 Å². The van der Waals surface area contributed by atoms with E-state index in [1.807, 2.05) is 13.8 Å². The van der Waals surface area contributed by atoms with Crippen LogP contribution >= 0.6 is 0 Å². The van der Waals surface area contributed by atoms with Gasteiger partial charge in [0, 0.05) is 13.0 Å². The Morgan fingerprint density at radius 1 is 1.33 bits per heavy atom. The van der Waals surface area contributed by atoms with Gasteiger partial charge in [0.25, 0.3) is 0 Å². The zero-order chi connectivity index (χ0) is 13.5. The molecule has 3 heteroatoms. The number of aryl methyl sites for hydroxylation is 1. The molecule has 0 radical (unpaired) electrons. The first-order valence-corrected chi connectivity index (χ1v) is 6.63. The van der Waals surface area contributed by atoms with Gasteiger partial charge in [-0.2, -0.15) is 0 Å². The number of benzene rings is 1. The molecule has 18 heavy (non-hydrogen) atoms. The van der Waals surface area contributed by atoms with Crippen molar-refractivity contribution in [3.05, 3.63) is 35.1 Å². The third-order valence-corrected chi connectivity index (χ3v) is 3.12. The molecule has 1 aromatic rings. The lowest BCUT2D eigenvalue weighted by Crippen LogP contribution is -2.31. The molecule has 0 aliphatic heterocycles. The van der Waals surface area contributed by atoms with Gasteiger partial charge in [0.05, 0.1) is 12.2 Å². The highest BCUT2D eigenvalue weighted by atomic mass is 19.1. The summed E-state index contributed by atoms with van der Waals surface area (Å²) in [6.07, 6.45) is 1.66. The second kappa shape index (κ2) is 7.49. The van der Waals surface area contributed by atoms with Crippen molar-refractivity contribution in [2.75, 3.05) is 6.61 Å². The fraction of sp³-hybridized carbons (Fsp3) is 0.600. The minimum atomic E-state index is -0.533. The molecule has 0 amide bonds. The molecule has 0 saturated carbocycles. The molecular formula is C15H23FO2. The Labute approximate surface area is 109 Å². The van der Waals surface area contributed by atoms with Crippen LogP contribution in [0, 0.1) is 12.7 Å². The van der Waals surface area contributed by atoms with Gasteiger partial charge in [-0.1, -0.05) is 19.4 Å². The van der Waals surface area contributed by atoms with Crippen LogP contribution in [-0.2, 0) is 11.2 Å². The van der Waals surface area contributed by atoms with E-state index in [0.29, 0.717) is 13.0 Å². The average molecular weight is 254 g/mol. The van der Waals surface area contributed by atoms with Crippen molar-refractivity contribution >= 4 is 0 Å². The fourth-order valence-electron chi connectivity index (χ4n) is 2.13. The van der Waals surface area contributed by atoms with Crippen molar-refractivity contribution in [1.82, 2.24) is 0 Å².